The third-order valence-corrected chi connectivity index (χ3v) is 1.78. The smallest absolute Gasteiger partial charge is 0.221 e. The van der Waals surface area contributed by atoms with Crippen LogP contribution in [0.5, 0.6) is 5.75 Å². The van der Waals surface area contributed by atoms with E-state index in [-0.39, 0.29) is 12.5 Å². The van der Waals surface area contributed by atoms with Gasteiger partial charge in [0.25, 0.3) is 0 Å². The molecule has 0 aromatic heterocycles. The molecule has 0 fully saturated rings. The Morgan fingerprint density at radius 3 is 2.79 bits per heavy atom. The number of amides is 1. The molecule has 76 valence electrons. The Hall–Kier alpha value is -1.55. The molecule has 4 heteroatoms. The van der Waals surface area contributed by atoms with E-state index in [4.69, 9.17) is 9.84 Å². The topological polar surface area (TPSA) is 58.6 Å². The number of aliphatic hydroxyl groups is 1. The molecule has 0 bridgehead atoms. The van der Waals surface area contributed by atoms with E-state index < -0.39 is 0 Å². The second-order valence-corrected chi connectivity index (χ2v) is 2.87. The van der Waals surface area contributed by atoms with Crippen molar-refractivity contribution in [3.63, 3.8) is 0 Å². The van der Waals surface area contributed by atoms with Gasteiger partial charge in [0.15, 0.2) is 0 Å². The fourth-order valence-electron chi connectivity index (χ4n) is 1.16. The van der Waals surface area contributed by atoms with E-state index in [1.165, 1.54) is 14.0 Å². The molecule has 0 aliphatic rings. The number of nitrogens with one attached hydrogen (secondary N) is 1. The number of hydrogen-bond acceptors (Lipinski definition) is 3. The molecule has 0 heterocycles. The second-order valence-electron chi connectivity index (χ2n) is 2.87. The Morgan fingerprint density at radius 2 is 2.29 bits per heavy atom. The Balaban J connectivity index is 2.95. The number of ether oxygens (including phenoxy) is 1. The maximum Gasteiger partial charge on any atom is 0.221 e. The lowest BCUT2D eigenvalue weighted by Gasteiger charge is -2.08. The minimum absolute atomic E-state index is 0.0798. The highest BCUT2D eigenvalue weighted by molar-refractivity contribution is 5.88. The van der Waals surface area contributed by atoms with Crippen LogP contribution in [0.15, 0.2) is 18.2 Å². The Kier molecular flexibility index (Phi) is 3.48. The number of aliphatic hydroxyl groups excluding tert-OH is 1. The van der Waals surface area contributed by atoms with Crippen molar-refractivity contribution >= 4 is 11.6 Å². The van der Waals surface area contributed by atoms with Crippen LogP contribution in [0.1, 0.15) is 12.5 Å². The van der Waals surface area contributed by atoms with Crippen molar-refractivity contribution in [3.8, 4) is 5.75 Å². The van der Waals surface area contributed by atoms with Crippen LogP contribution >= 0.6 is 0 Å². The van der Waals surface area contributed by atoms with Crippen LogP contribution in [-0.2, 0) is 11.4 Å². The molecule has 1 aromatic carbocycles. The number of carbonyl (C=O) groups is 1. The molecule has 1 rings (SSSR count). The molecule has 0 aliphatic carbocycles. The highest BCUT2D eigenvalue weighted by Gasteiger charge is 2.03. The molecule has 4 nitrogen and oxygen atoms in total. The zero-order valence-electron chi connectivity index (χ0n) is 8.20. The van der Waals surface area contributed by atoms with E-state index in [1.54, 1.807) is 18.2 Å². The predicted octanol–water partition coefficient (Wildman–Crippen LogP) is 1.15. The molecular weight excluding hydrogens is 182 g/mol. The van der Waals surface area contributed by atoms with Gasteiger partial charge >= 0.3 is 0 Å². The molecule has 14 heavy (non-hydrogen) atoms. The second kappa shape index (κ2) is 4.62. The molecule has 1 amide bonds. The normalized spacial score (nSPS) is 9.64. The summed E-state index contributed by atoms with van der Waals surface area (Å²) in [4.78, 5) is 10.8. The lowest BCUT2D eigenvalue weighted by Crippen LogP contribution is -2.06. The van der Waals surface area contributed by atoms with Gasteiger partial charge in [0, 0.05) is 24.2 Å². The number of hydrogen-bond donors (Lipinski definition) is 2. The van der Waals surface area contributed by atoms with Crippen LogP contribution in [0.4, 0.5) is 5.69 Å². The van der Waals surface area contributed by atoms with Gasteiger partial charge in [-0.1, -0.05) is 6.07 Å². The molecular formula is C10H13NO3. The average Bonchev–Trinajstić information content (AvgIpc) is 2.16. The van der Waals surface area contributed by atoms with Gasteiger partial charge < -0.3 is 15.2 Å². The van der Waals surface area contributed by atoms with Gasteiger partial charge in [-0.05, 0) is 6.07 Å². The number of methoxy groups -OCH3 is 1. The van der Waals surface area contributed by atoms with E-state index in [0.717, 1.165) is 0 Å². The van der Waals surface area contributed by atoms with Crippen molar-refractivity contribution in [1.29, 1.82) is 0 Å². The molecule has 0 radical (unpaired) electrons. The van der Waals surface area contributed by atoms with Crippen molar-refractivity contribution in [2.75, 3.05) is 12.4 Å². The zero-order valence-corrected chi connectivity index (χ0v) is 8.20. The summed E-state index contributed by atoms with van der Waals surface area (Å²) >= 11 is 0. The summed E-state index contributed by atoms with van der Waals surface area (Å²) in [6.07, 6.45) is 0. The lowest BCUT2D eigenvalue weighted by molar-refractivity contribution is -0.114. The summed E-state index contributed by atoms with van der Waals surface area (Å²) in [5.74, 6) is 0.433. The quantitative estimate of drug-likeness (QED) is 0.760. The van der Waals surface area contributed by atoms with Crippen LogP contribution in [0.25, 0.3) is 0 Å². The summed E-state index contributed by atoms with van der Waals surface area (Å²) in [5, 5.41) is 11.6. The van der Waals surface area contributed by atoms with Crippen LogP contribution in [0, 0.1) is 0 Å². The lowest BCUT2D eigenvalue weighted by atomic mass is 10.2. The molecule has 0 unspecified atom stereocenters. The third kappa shape index (κ3) is 2.47. The Labute approximate surface area is 82.5 Å². The van der Waals surface area contributed by atoms with E-state index in [1.807, 2.05) is 0 Å². The van der Waals surface area contributed by atoms with Gasteiger partial charge in [0.2, 0.25) is 5.91 Å². The van der Waals surface area contributed by atoms with Crippen molar-refractivity contribution in [3.05, 3.63) is 23.8 Å². The molecule has 0 saturated carbocycles. The Morgan fingerprint density at radius 1 is 1.57 bits per heavy atom. The fraction of sp³-hybridized carbons (Fsp3) is 0.300. The molecule has 0 atom stereocenters. The fourth-order valence-corrected chi connectivity index (χ4v) is 1.16. The minimum atomic E-state index is -0.135. The average molecular weight is 195 g/mol. The van der Waals surface area contributed by atoms with Gasteiger partial charge in [-0.25, -0.2) is 0 Å². The first kappa shape index (κ1) is 10.5. The minimum Gasteiger partial charge on any atom is -0.496 e. The van der Waals surface area contributed by atoms with Crippen molar-refractivity contribution in [2.24, 2.45) is 0 Å². The first-order valence-electron chi connectivity index (χ1n) is 4.22. The molecule has 1 aromatic rings. The van der Waals surface area contributed by atoms with E-state index >= 15 is 0 Å². The summed E-state index contributed by atoms with van der Waals surface area (Å²) in [7, 11) is 1.52. The maximum absolute atomic E-state index is 10.8. The number of anilines is 1. The van der Waals surface area contributed by atoms with Gasteiger partial charge in [-0.15, -0.1) is 0 Å². The first-order chi connectivity index (χ1) is 6.67. The van der Waals surface area contributed by atoms with E-state index in [9.17, 15) is 4.79 Å². The largest absolute Gasteiger partial charge is 0.496 e. The molecule has 0 spiro atoms. The maximum atomic E-state index is 10.8. The monoisotopic (exact) mass is 195 g/mol. The van der Waals surface area contributed by atoms with Crippen LogP contribution in [0.3, 0.4) is 0 Å². The van der Waals surface area contributed by atoms with Gasteiger partial charge in [0.05, 0.1) is 13.7 Å². The standard InChI is InChI=1S/C10H13NO3/c1-7(13)11-9-4-3-8(6-12)10(5-9)14-2/h3-5,12H,6H2,1-2H3,(H,11,13). The highest BCUT2D eigenvalue weighted by atomic mass is 16.5. The van der Waals surface area contributed by atoms with Gasteiger partial charge in [-0.3, -0.25) is 4.79 Å². The summed E-state index contributed by atoms with van der Waals surface area (Å²) in [5.41, 5.74) is 1.35. The number of benzene rings is 1. The predicted molar refractivity (Wildman–Crippen MR) is 53.2 cm³/mol. The SMILES string of the molecule is COc1cc(NC(C)=O)ccc1CO. The highest BCUT2D eigenvalue weighted by Crippen LogP contribution is 2.22. The third-order valence-electron chi connectivity index (χ3n) is 1.78. The summed E-state index contributed by atoms with van der Waals surface area (Å²) in [6, 6.07) is 5.10. The number of carbonyl (C=O) groups excluding carboxylic acids is 1. The Bertz CT molecular complexity index is 336. The first-order valence-corrected chi connectivity index (χ1v) is 4.22. The summed E-state index contributed by atoms with van der Waals surface area (Å²) in [6.45, 7) is 1.36. The van der Waals surface area contributed by atoms with E-state index in [0.29, 0.717) is 17.0 Å². The molecule has 2 N–H and O–H groups in total. The van der Waals surface area contributed by atoms with Crippen LogP contribution in [-0.4, -0.2) is 18.1 Å². The molecule has 0 saturated heterocycles. The van der Waals surface area contributed by atoms with Gasteiger partial charge in [0.1, 0.15) is 5.75 Å². The van der Waals surface area contributed by atoms with Crippen LogP contribution in [0.2, 0.25) is 0 Å². The zero-order chi connectivity index (χ0) is 10.6. The van der Waals surface area contributed by atoms with E-state index in [2.05, 4.69) is 5.32 Å². The van der Waals surface area contributed by atoms with Gasteiger partial charge in [-0.2, -0.15) is 0 Å². The van der Waals surface area contributed by atoms with Crippen LogP contribution < -0.4 is 10.1 Å². The summed E-state index contributed by atoms with van der Waals surface area (Å²) < 4.78 is 5.05. The number of rotatable bonds is 3. The van der Waals surface area contributed by atoms with Crippen molar-refractivity contribution < 1.29 is 14.6 Å². The van der Waals surface area contributed by atoms with Crippen molar-refractivity contribution in [2.45, 2.75) is 13.5 Å². The van der Waals surface area contributed by atoms with Crippen molar-refractivity contribution in [1.82, 2.24) is 0 Å². The molecule has 0 aliphatic heterocycles.